The predicted molar refractivity (Wildman–Crippen MR) is 147 cm³/mol. The van der Waals surface area contributed by atoms with Gasteiger partial charge in [-0.05, 0) is 47.5 Å². The fourth-order valence-corrected chi connectivity index (χ4v) is 6.34. The van der Waals surface area contributed by atoms with Crippen LogP contribution in [0.4, 0.5) is 0 Å². The smallest absolute Gasteiger partial charge is 0.326 e. The predicted octanol–water partition coefficient (Wildman–Crippen LogP) is 7.06. The Morgan fingerprint density at radius 2 is 1.35 bits per heavy atom. The first-order chi connectivity index (χ1) is 16.8. The van der Waals surface area contributed by atoms with Crippen molar-refractivity contribution in [3.05, 3.63) is 109 Å². The number of fused-ring (bicyclic) bond motifs is 6. The number of hydrogen-bond acceptors (Lipinski definition) is 2. The second-order valence-electron chi connectivity index (χ2n) is 8.59. The van der Waals surface area contributed by atoms with Crippen molar-refractivity contribution in [1.29, 1.82) is 0 Å². The maximum absolute atomic E-state index is 9.33. The molecule has 1 N–H and O–H groups in total. The molecule has 0 aliphatic carbocycles. The van der Waals surface area contributed by atoms with Crippen LogP contribution in [-0.2, 0) is 0 Å². The van der Waals surface area contributed by atoms with Gasteiger partial charge in [0.1, 0.15) is 0 Å². The highest BCUT2D eigenvalue weighted by Crippen LogP contribution is 2.41. The van der Waals surface area contributed by atoms with Crippen molar-refractivity contribution in [3.8, 4) is 16.8 Å². The van der Waals surface area contributed by atoms with Gasteiger partial charge in [0.15, 0.2) is 0 Å². The lowest BCUT2D eigenvalue weighted by molar-refractivity contribution is 0.615. The molecule has 0 spiro atoms. The second-order valence-corrected chi connectivity index (χ2v) is 9.64. The summed E-state index contributed by atoms with van der Waals surface area (Å²) < 4.78 is 4.96. The van der Waals surface area contributed by atoms with Crippen molar-refractivity contribution in [2.24, 2.45) is 0 Å². The van der Waals surface area contributed by atoms with Crippen LogP contribution in [0.5, 0.6) is 0 Å². The third-order valence-electron chi connectivity index (χ3n) is 6.69. The first-order valence-electron chi connectivity index (χ1n) is 11.3. The summed E-state index contributed by atoms with van der Waals surface area (Å²) >= 11 is 1.87. The summed E-state index contributed by atoms with van der Waals surface area (Å²) in [5.74, 6) is 0. The van der Waals surface area contributed by atoms with E-state index in [0.717, 1.165) is 18.6 Å². The molecule has 34 heavy (non-hydrogen) atoms. The van der Waals surface area contributed by atoms with Gasteiger partial charge in [0, 0.05) is 36.6 Å². The fourth-order valence-electron chi connectivity index (χ4n) is 5.10. The zero-order chi connectivity index (χ0) is 22.6. The summed E-state index contributed by atoms with van der Waals surface area (Å²) in [6.07, 6.45) is 0. The highest BCUT2D eigenvalue weighted by Gasteiger charge is 2.15. The average Bonchev–Trinajstić information content (AvgIpc) is 3.44. The Labute approximate surface area is 201 Å². The molecule has 159 valence electrons. The Kier molecular flexibility index (Phi) is 4.38. The van der Waals surface area contributed by atoms with Gasteiger partial charge in [-0.25, -0.2) is 0 Å². The molecular formula is C30H19BNOS. The van der Waals surface area contributed by atoms with Crippen molar-refractivity contribution in [1.82, 2.24) is 4.57 Å². The summed E-state index contributed by atoms with van der Waals surface area (Å²) in [6.45, 7) is 0. The van der Waals surface area contributed by atoms with Crippen molar-refractivity contribution >= 4 is 66.3 Å². The Balaban J connectivity index is 1.49. The highest BCUT2D eigenvalue weighted by atomic mass is 32.1. The molecular weight excluding hydrogens is 433 g/mol. The third-order valence-corrected chi connectivity index (χ3v) is 7.91. The first kappa shape index (κ1) is 19.6. The van der Waals surface area contributed by atoms with E-state index in [4.69, 9.17) is 0 Å². The summed E-state index contributed by atoms with van der Waals surface area (Å²) in [4.78, 5) is 0. The highest BCUT2D eigenvalue weighted by molar-refractivity contribution is 7.26. The number of para-hydroxylation sites is 1. The van der Waals surface area contributed by atoms with E-state index in [1.54, 1.807) is 0 Å². The van der Waals surface area contributed by atoms with E-state index in [2.05, 4.69) is 102 Å². The summed E-state index contributed by atoms with van der Waals surface area (Å²) in [5, 5.41) is 14.5. The van der Waals surface area contributed by atoms with Crippen LogP contribution < -0.4 is 5.46 Å². The lowest BCUT2D eigenvalue weighted by atomic mass is 9.89. The molecule has 0 fully saturated rings. The molecule has 7 rings (SSSR count). The maximum atomic E-state index is 9.33. The van der Waals surface area contributed by atoms with Crippen molar-refractivity contribution in [3.63, 3.8) is 0 Å². The quantitative estimate of drug-likeness (QED) is 0.286. The molecule has 0 amide bonds. The number of rotatable bonds is 3. The minimum absolute atomic E-state index is 0.795. The third kappa shape index (κ3) is 2.86. The van der Waals surface area contributed by atoms with Crippen LogP contribution in [0.1, 0.15) is 0 Å². The summed E-state index contributed by atoms with van der Waals surface area (Å²) in [7, 11) is 1.14. The summed E-state index contributed by atoms with van der Waals surface area (Å²) in [6, 6.07) is 38.7. The number of benzene rings is 5. The van der Waals surface area contributed by atoms with Gasteiger partial charge in [0.25, 0.3) is 0 Å². The van der Waals surface area contributed by atoms with Crippen molar-refractivity contribution in [2.45, 2.75) is 0 Å². The zero-order valence-electron chi connectivity index (χ0n) is 18.3. The van der Waals surface area contributed by atoms with Gasteiger partial charge >= 0.3 is 7.48 Å². The van der Waals surface area contributed by atoms with Crippen LogP contribution in [-0.4, -0.2) is 17.1 Å². The number of aromatic nitrogens is 1. The topological polar surface area (TPSA) is 25.2 Å². The molecule has 0 aliphatic rings. The van der Waals surface area contributed by atoms with Crippen molar-refractivity contribution in [2.75, 3.05) is 0 Å². The molecule has 2 heterocycles. The van der Waals surface area contributed by atoms with E-state index in [1.807, 2.05) is 23.5 Å². The van der Waals surface area contributed by atoms with Gasteiger partial charge in [-0.2, -0.15) is 0 Å². The Morgan fingerprint density at radius 1 is 0.618 bits per heavy atom. The molecule has 5 aromatic carbocycles. The molecule has 4 heteroatoms. The van der Waals surface area contributed by atoms with Gasteiger partial charge in [-0.1, -0.05) is 78.3 Å². The molecule has 0 bridgehead atoms. The molecule has 0 atom stereocenters. The van der Waals surface area contributed by atoms with Crippen LogP contribution in [0, 0.1) is 0 Å². The average molecular weight is 452 g/mol. The van der Waals surface area contributed by atoms with E-state index in [9.17, 15) is 5.02 Å². The lowest BCUT2D eigenvalue weighted by Gasteiger charge is -2.09. The van der Waals surface area contributed by atoms with Crippen LogP contribution in [0.2, 0.25) is 0 Å². The molecule has 0 unspecified atom stereocenters. The second kappa shape index (κ2) is 7.59. The number of thiophene rings is 1. The standard InChI is InChI=1S/C30H19BNOS/c33-31-20-13-15-21(16-14-20)32-27-10-3-1-6-23(27)26-18-19(12-17-28(26)32)22-8-5-9-25-24-7-2-4-11-29(24)34-30(22)25/h1-18,33H. The van der Waals surface area contributed by atoms with Gasteiger partial charge in [0.05, 0.1) is 11.0 Å². The minimum Gasteiger partial charge on any atom is -0.450 e. The zero-order valence-corrected chi connectivity index (χ0v) is 19.1. The van der Waals surface area contributed by atoms with Gasteiger partial charge in [0.2, 0.25) is 0 Å². The van der Waals surface area contributed by atoms with Crippen LogP contribution in [0.25, 0.3) is 58.8 Å². The number of hydrogen-bond donors (Lipinski definition) is 1. The van der Waals surface area contributed by atoms with Crippen LogP contribution in [0.3, 0.4) is 0 Å². The molecule has 1 radical (unpaired) electrons. The van der Waals surface area contributed by atoms with Crippen LogP contribution >= 0.6 is 11.3 Å². The largest absolute Gasteiger partial charge is 0.450 e. The Bertz CT molecular complexity index is 1850. The number of nitrogens with zero attached hydrogens (tertiary/aromatic N) is 1. The lowest BCUT2D eigenvalue weighted by Crippen LogP contribution is -2.12. The van der Waals surface area contributed by atoms with E-state index in [0.29, 0.717) is 0 Å². The van der Waals surface area contributed by atoms with Crippen molar-refractivity contribution < 1.29 is 5.02 Å². The Hall–Kier alpha value is -3.86. The molecule has 0 saturated heterocycles. The van der Waals surface area contributed by atoms with E-state index < -0.39 is 0 Å². The minimum atomic E-state index is 0.795. The van der Waals surface area contributed by atoms with E-state index in [1.165, 1.54) is 53.1 Å². The summed E-state index contributed by atoms with van der Waals surface area (Å²) in [5.41, 5.74) is 6.74. The Morgan fingerprint density at radius 3 is 2.21 bits per heavy atom. The van der Waals surface area contributed by atoms with Gasteiger partial charge in [-0.3, -0.25) is 0 Å². The van der Waals surface area contributed by atoms with E-state index >= 15 is 0 Å². The maximum Gasteiger partial charge on any atom is 0.326 e. The monoisotopic (exact) mass is 452 g/mol. The SMILES string of the molecule is O[B]c1ccc(-n2c3ccccc3c3cc(-c4cccc5c4sc4ccccc45)ccc32)cc1. The molecule has 2 nitrogen and oxygen atoms in total. The molecule has 0 saturated carbocycles. The van der Waals surface area contributed by atoms with Gasteiger partial charge in [-0.15, -0.1) is 11.3 Å². The first-order valence-corrected chi connectivity index (χ1v) is 12.2. The normalized spacial score (nSPS) is 11.7. The molecule has 7 aromatic rings. The molecule has 2 aromatic heterocycles. The van der Waals surface area contributed by atoms with Crippen LogP contribution in [0.15, 0.2) is 109 Å². The van der Waals surface area contributed by atoms with E-state index in [-0.39, 0.29) is 0 Å². The molecule has 0 aliphatic heterocycles. The van der Waals surface area contributed by atoms with Gasteiger partial charge < -0.3 is 9.59 Å². The fraction of sp³-hybridized carbons (Fsp3) is 0.